The van der Waals surface area contributed by atoms with Crippen molar-refractivity contribution in [1.29, 1.82) is 5.26 Å². The van der Waals surface area contributed by atoms with E-state index >= 15 is 0 Å². The summed E-state index contributed by atoms with van der Waals surface area (Å²) in [5.41, 5.74) is 5.62. The predicted octanol–water partition coefficient (Wildman–Crippen LogP) is 5.36. The topological polar surface area (TPSA) is 132 Å². The van der Waals surface area contributed by atoms with Gasteiger partial charge < -0.3 is 19.5 Å². The largest absolute Gasteiger partial charge is 0.484 e. The average molecular weight is 553 g/mol. The molecule has 2 aromatic carbocycles. The van der Waals surface area contributed by atoms with Crippen LogP contribution < -0.4 is 19.5 Å². The Bertz CT molecular complexity index is 1810. The molecule has 40 heavy (non-hydrogen) atoms. The molecule has 1 amide bonds. The van der Waals surface area contributed by atoms with Gasteiger partial charge >= 0.3 is 0 Å². The third kappa shape index (κ3) is 4.85. The molecule has 0 saturated heterocycles. The minimum absolute atomic E-state index is 0.105. The molecule has 10 nitrogen and oxygen atoms in total. The van der Waals surface area contributed by atoms with E-state index in [9.17, 15) is 10.1 Å². The maximum Gasteiger partial charge on any atom is 0.232 e. The van der Waals surface area contributed by atoms with E-state index < -0.39 is 0 Å². The van der Waals surface area contributed by atoms with Crippen molar-refractivity contribution in [3.05, 3.63) is 59.5 Å². The fourth-order valence-corrected chi connectivity index (χ4v) is 5.70. The van der Waals surface area contributed by atoms with E-state index in [1.165, 1.54) is 18.4 Å². The van der Waals surface area contributed by atoms with Gasteiger partial charge in [-0.05, 0) is 56.2 Å². The molecular formula is C29H24N6O4S. The Morgan fingerprint density at radius 3 is 2.83 bits per heavy atom. The normalized spacial score (nSPS) is 14.2. The highest BCUT2D eigenvalue weighted by molar-refractivity contribution is 7.22. The highest BCUT2D eigenvalue weighted by Crippen LogP contribution is 2.46. The van der Waals surface area contributed by atoms with Crippen molar-refractivity contribution in [3.63, 3.8) is 0 Å². The fraction of sp³-hybridized carbons (Fsp3) is 0.241. The molecule has 200 valence electrons. The summed E-state index contributed by atoms with van der Waals surface area (Å²) in [4.78, 5) is 30.5. The maximum atomic E-state index is 12.4. The lowest BCUT2D eigenvalue weighted by Gasteiger charge is -2.27. The summed E-state index contributed by atoms with van der Waals surface area (Å²) in [7, 11) is 1.52. The van der Waals surface area contributed by atoms with Crippen molar-refractivity contribution >= 4 is 44.2 Å². The van der Waals surface area contributed by atoms with Crippen LogP contribution in [0.15, 0.2) is 42.7 Å². The van der Waals surface area contributed by atoms with Crippen LogP contribution in [0.1, 0.15) is 29.7 Å². The van der Waals surface area contributed by atoms with Gasteiger partial charge in [-0.15, -0.1) is 11.3 Å². The van der Waals surface area contributed by atoms with Gasteiger partial charge in [-0.1, -0.05) is 0 Å². The van der Waals surface area contributed by atoms with Crippen molar-refractivity contribution in [1.82, 2.24) is 19.9 Å². The van der Waals surface area contributed by atoms with Crippen molar-refractivity contribution in [2.45, 2.75) is 32.8 Å². The van der Waals surface area contributed by atoms with E-state index in [0.717, 1.165) is 21.5 Å². The molecule has 1 N–H and O–H groups in total. The molecule has 0 radical (unpaired) electrons. The molecule has 3 aromatic heterocycles. The molecule has 0 bridgehead atoms. The number of amides is 1. The first-order valence-electron chi connectivity index (χ1n) is 12.6. The van der Waals surface area contributed by atoms with Gasteiger partial charge in [0, 0.05) is 17.7 Å². The Labute approximate surface area is 233 Å². The minimum atomic E-state index is -0.264. The Morgan fingerprint density at radius 1 is 1.18 bits per heavy atom. The quantitative estimate of drug-likeness (QED) is 0.296. The number of nitriles is 1. The number of rotatable bonds is 6. The lowest BCUT2D eigenvalue weighted by atomic mass is 10.1. The number of fused-ring (bicyclic) bond motifs is 4. The van der Waals surface area contributed by atoms with Gasteiger partial charge in [0.05, 0.1) is 53.4 Å². The molecule has 11 heteroatoms. The number of aryl methyl sites for hydroxylation is 2. The zero-order valence-corrected chi connectivity index (χ0v) is 22.8. The zero-order chi connectivity index (χ0) is 27.8. The number of nitrogens with one attached hydrogen (secondary N) is 1. The molecule has 0 saturated carbocycles. The molecule has 1 atom stereocenters. The number of benzene rings is 2. The summed E-state index contributed by atoms with van der Waals surface area (Å²) in [5, 5.41) is 13.2. The monoisotopic (exact) mass is 552 g/mol. The van der Waals surface area contributed by atoms with Crippen LogP contribution in [0.2, 0.25) is 0 Å². The molecule has 0 aliphatic carbocycles. The van der Waals surface area contributed by atoms with E-state index in [1.54, 1.807) is 24.5 Å². The first-order chi connectivity index (χ1) is 19.4. The molecule has 0 unspecified atom stereocenters. The van der Waals surface area contributed by atoms with Crippen LogP contribution in [-0.2, 0) is 4.79 Å². The molecule has 1 aliphatic rings. The maximum absolute atomic E-state index is 12.4. The lowest BCUT2D eigenvalue weighted by Crippen LogP contribution is -2.30. The smallest absolute Gasteiger partial charge is 0.232 e. The second-order valence-electron chi connectivity index (χ2n) is 9.46. The number of hydrogen-bond donors (Lipinski definition) is 1. The van der Waals surface area contributed by atoms with Crippen LogP contribution in [0.25, 0.3) is 31.8 Å². The van der Waals surface area contributed by atoms with Crippen LogP contribution in [-0.4, -0.2) is 45.7 Å². The summed E-state index contributed by atoms with van der Waals surface area (Å²) in [5.74, 6) is 1.52. The summed E-state index contributed by atoms with van der Waals surface area (Å²) in [6, 6.07) is 11.3. The number of thiazole rings is 1. The van der Waals surface area contributed by atoms with Crippen molar-refractivity contribution in [3.8, 4) is 34.0 Å². The van der Waals surface area contributed by atoms with Gasteiger partial charge in [0.2, 0.25) is 11.8 Å². The summed E-state index contributed by atoms with van der Waals surface area (Å²) in [6.45, 7) is 4.18. The number of pyridine rings is 1. The third-order valence-corrected chi connectivity index (χ3v) is 7.65. The lowest BCUT2D eigenvalue weighted by molar-refractivity contribution is -0.116. The first kappa shape index (κ1) is 25.5. The fourth-order valence-electron chi connectivity index (χ4n) is 4.55. The number of carbonyl (C=O) groups is 1. The molecule has 4 heterocycles. The van der Waals surface area contributed by atoms with E-state index in [1.807, 2.05) is 32.0 Å². The van der Waals surface area contributed by atoms with Crippen molar-refractivity contribution in [2.75, 3.05) is 19.0 Å². The molecule has 6 rings (SSSR count). The van der Waals surface area contributed by atoms with Gasteiger partial charge in [-0.2, -0.15) is 5.26 Å². The number of nitrogens with zero attached hydrogens (tertiary/aromatic N) is 5. The number of ether oxygens (including phenoxy) is 3. The SMILES string of the molecule is COc1cnc2c(-c3nc4c(C)cc5c(c4s3)OC[C@H](CCC(=O)Nc3ccc(C)nc3)O5)cc(C#N)cc2n1. The zero-order valence-electron chi connectivity index (χ0n) is 22.0. The molecular weight excluding hydrogens is 528 g/mol. The predicted molar refractivity (Wildman–Crippen MR) is 151 cm³/mol. The molecule has 5 aromatic rings. The van der Waals surface area contributed by atoms with Gasteiger partial charge in [-0.25, -0.2) is 15.0 Å². The second kappa shape index (κ2) is 10.4. The Hall–Kier alpha value is -4.82. The summed E-state index contributed by atoms with van der Waals surface area (Å²) >= 11 is 1.45. The van der Waals surface area contributed by atoms with Crippen LogP contribution in [0, 0.1) is 25.2 Å². The molecule has 0 fully saturated rings. The van der Waals surface area contributed by atoms with Crippen molar-refractivity contribution in [2.24, 2.45) is 0 Å². The Balaban J connectivity index is 1.25. The second-order valence-corrected chi connectivity index (χ2v) is 10.5. The molecule has 0 spiro atoms. The van der Waals surface area contributed by atoms with Crippen LogP contribution >= 0.6 is 11.3 Å². The van der Waals surface area contributed by atoms with E-state index in [-0.39, 0.29) is 18.4 Å². The molecule has 1 aliphatic heterocycles. The number of carbonyl (C=O) groups excluding carboxylic acids is 1. The van der Waals surface area contributed by atoms with Gasteiger partial charge in [0.15, 0.2) is 11.5 Å². The standard InChI is InChI=1S/C29H24N6O4S/c1-15-8-22-27(38-14-19(39-22)6-7-23(36)33-18-5-4-16(2)31-12-18)28-25(15)35-29(40-28)20-9-17(11-30)10-21-26(20)32-13-24(34-21)37-3/h4-5,8-10,12-13,19H,6-7,14H2,1-3H3,(H,33,36)/t19-/m0/s1. The van der Waals surface area contributed by atoms with Crippen LogP contribution in [0.3, 0.4) is 0 Å². The van der Waals surface area contributed by atoms with E-state index in [4.69, 9.17) is 19.2 Å². The third-order valence-electron chi connectivity index (χ3n) is 6.57. The number of methoxy groups -OCH3 is 1. The van der Waals surface area contributed by atoms with Gasteiger partial charge in [0.25, 0.3) is 0 Å². The minimum Gasteiger partial charge on any atom is -0.484 e. The Kier molecular flexibility index (Phi) is 6.61. The van der Waals surface area contributed by atoms with E-state index in [0.29, 0.717) is 63.3 Å². The van der Waals surface area contributed by atoms with Crippen LogP contribution in [0.5, 0.6) is 17.4 Å². The summed E-state index contributed by atoms with van der Waals surface area (Å²) in [6.07, 6.45) is 3.72. The highest BCUT2D eigenvalue weighted by atomic mass is 32.1. The van der Waals surface area contributed by atoms with Gasteiger partial charge in [-0.3, -0.25) is 9.78 Å². The number of aromatic nitrogens is 4. The average Bonchev–Trinajstić information content (AvgIpc) is 3.42. The van der Waals surface area contributed by atoms with Crippen molar-refractivity contribution < 1.29 is 19.0 Å². The first-order valence-corrected chi connectivity index (χ1v) is 13.4. The number of anilines is 1. The summed E-state index contributed by atoms with van der Waals surface area (Å²) < 4.78 is 18.5. The van der Waals surface area contributed by atoms with Gasteiger partial charge in [0.1, 0.15) is 22.4 Å². The Morgan fingerprint density at radius 2 is 2.05 bits per heavy atom. The highest BCUT2D eigenvalue weighted by Gasteiger charge is 2.27. The number of hydrogen-bond acceptors (Lipinski definition) is 10. The van der Waals surface area contributed by atoms with E-state index in [2.05, 4.69) is 26.3 Å². The van der Waals surface area contributed by atoms with Crippen LogP contribution in [0.4, 0.5) is 5.69 Å².